The highest BCUT2D eigenvalue weighted by Crippen LogP contribution is 2.29. The van der Waals surface area contributed by atoms with E-state index in [9.17, 15) is 0 Å². The normalized spacial score (nSPS) is 47.8. The van der Waals surface area contributed by atoms with Crippen molar-refractivity contribution in [3.05, 3.63) is 0 Å². The lowest BCUT2D eigenvalue weighted by atomic mass is 10.0. The van der Waals surface area contributed by atoms with Gasteiger partial charge < -0.3 is 10.1 Å². The van der Waals surface area contributed by atoms with Gasteiger partial charge in [-0.15, -0.1) is 0 Å². The highest BCUT2D eigenvalue weighted by atomic mass is 16.5. The molecule has 0 amide bonds. The lowest BCUT2D eigenvalue weighted by Crippen LogP contribution is -2.45. The summed E-state index contributed by atoms with van der Waals surface area (Å²) in [4.78, 5) is 2.63. The van der Waals surface area contributed by atoms with E-state index in [0.717, 1.165) is 24.6 Å². The third kappa shape index (κ3) is 1.47. The van der Waals surface area contributed by atoms with Crippen LogP contribution in [-0.2, 0) is 4.74 Å². The Morgan fingerprint density at radius 1 is 1.50 bits per heavy atom. The van der Waals surface area contributed by atoms with Crippen molar-refractivity contribution in [1.82, 2.24) is 10.2 Å². The second kappa shape index (κ2) is 3.47. The van der Waals surface area contributed by atoms with Crippen LogP contribution in [0.2, 0.25) is 0 Å². The van der Waals surface area contributed by atoms with Crippen molar-refractivity contribution >= 4 is 0 Å². The number of ether oxygens (including phenoxy) is 1. The number of morpholine rings is 1. The highest BCUT2D eigenvalue weighted by molar-refractivity contribution is 4.94. The molecule has 0 aromatic heterocycles. The molecule has 0 radical (unpaired) electrons. The molecule has 14 heavy (non-hydrogen) atoms. The Morgan fingerprint density at radius 3 is 3.00 bits per heavy atom. The van der Waals surface area contributed by atoms with Crippen LogP contribution in [0.4, 0.5) is 0 Å². The van der Waals surface area contributed by atoms with E-state index in [1.165, 1.54) is 32.5 Å². The Bertz CT molecular complexity index is 221. The van der Waals surface area contributed by atoms with Crippen LogP contribution in [0.1, 0.15) is 19.8 Å². The van der Waals surface area contributed by atoms with E-state index < -0.39 is 0 Å². The molecule has 0 aliphatic carbocycles. The van der Waals surface area contributed by atoms with E-state index in [1.54, 1.807) is 0 Å². The predicted molar refractivity (Wildman–Crippen MR) is 55.3 cm³/mol. The van der Waals surface area contributed by atoms with Gasteiger partial charge in [-0.2, -0.15) is 0 Å². The van der Waals surface area contributed by atoms with E-state index in [4.69, 9.17) is 4.74 Å². The minimum atomic E-state index is 0.553. The molecule has 0 aromatic carbocycles. The van der Waals surface area contributed by atoms with Gasteiger partial charge in [0.2, 0.25) is 0 Å². The molecule has 1 N–H and O–H groups in total. The zero-order chi connectivity index (χ0) is 9.54. The summed E-state index contributed by atoms with van der Waals surface area (Å²) in [5.41, 5.74) is 0. The van der Waals surface area contributed by atoms with Gasteiger partial charge in [0.15, 0.2) is 0 Å². The third-order valence-corrected chi connectivity index (χ3v) is 4.14. The average Bonchev–Trinajstić information content (AvgIpc) is 2.83. The van der Waals surface area contributed by atoms with Crippen molar-refractivity contribution in [2.75, 3.05) is 26.2 Å². The Balaban J connectivity index is 1.57. The van der Waals surface area contributed by atoms with Gasteiger partial charge in [0.25, 0.3) is 0 Å². The monoisotopic (exact) mass is 196 g/mol. The number of nitrogens with one attached hydrogen (secondary N) is 1. The van der Waals surface area contributed by atoms with Gasteiger partial charge >= 0.3 is 0 Å². The molecule has 0 spiro atoms. The molecule has 4 unspecified atom stereocenters. The molecule has 3 heteroatoms. The number of nitrogens with zero attached hydrogens (tertiary/aromatic N) is 1. The fraction of sp³-hybridized carbons (Fsp3) is 1.00. The topological polar surface area (TPSA) is 24.5 Å². The molecule has 3 aliphatic heterocycles. The van der Waals surface area contributed by atoms with Gasteiger partial charge in [-0.1, -0.05) is 6.92 Å². The largest absolute Gasteiger partial charge is 0.375 e. The minimum absolute atomic E-state index is 0.553. The molecule has 3 heterocycles. The van der Waals surface area contributed by atoms with Gasteiger partial charge in [-0.3, -0.25) is 4.90 Å². The molecule has 80 valence electrons. The first kappa shape index (κ1) is 9.13. The summed E-state index contributed by atoms with van der Waals surface area (Å²) in [7, 11) is 0. The summed E-state index contributed by atoms with van der Waals surface area (Å²) in [6, 6.07) is 1.46. The standard InChI is InChI=1S/C11H20N2O/c1-8-2-3-12-11(8)6-13-5-10-4-9(13)7-14-10/h8-12H,2-7H2,1H3. The van der Waals surface area contributed by atoms with Crippen molar-refractivity contribution in [3.63, 3.8) is 0 Å². The smallest absolute Gasteiger partial charge is 0.0718 e. The van der Waals surface area contributed by atoms with E-state index in [-0.39, 0.29) is 0 Å². The van der Waals surface area contributed by atoms with Crippen molar-refractivity contribution < 1.29 is 4.74 Å². The van der Waals surface area contributed by atoms with E-state index >= 15 is 0 Å². The fourth-order valence-electron chi connectivity index (χ4n) is 3.10. The van der Waals surface area contributed by atoms with E-state index in [2.05, 4.69) is 17.1 Å². The first-order valence-corrected chi connectivity index (χ1v) is 5.92. The molecule has 3 aliphatic rings. The molecule has 0 aromatic rings. The van der Waals surface area contributed by atoms with Crippen LogP contribution in [0.15, 0.2) is 0 Å². The third-order valence-electron chi connectivity index (χ3n) is 4.14. The Hall–Kier alpha value is -0.120. The maximum Gasteiger partial charge on any atom is 0.0718 e. The fourth-order valence-corrected chi connectivity index (χ4v) is 3.10. The van der Waals surface area contributed by atoms with Crippen molar-refractivity contribution in [2.45, 2.75) is 38.0 Å². The molecule has 4 atom stereocenters. The number of hydrogen-bond acceptors (Lipinski definition) is 3. The van der Waals surface area contributed by atoms with Crippen LogP contribution in [0.3, 0.4) is 0 Å². The minimum Gasteiger partial charge on any atom is -0.375 e. The van der Waals surface area contributed by atoms with Crippen LogP contribution in [0.25, 0.3) is 0 Å². The van der Waals surface area contributed by atoms with Gasteiger partial charge in [-0.25, -0.2) is 0 Å². The number of likely N-dealkylation sites (tertiary alicyclic amines) is 1. The molecule has 2 bridgehead atoms. The van der Waals surface area contributed by atoms with Crippen LogP contribution in [-0.4, -0.2) is 49.3 Å². The summed E-state index contributed by atoms with van der Waals surface area (Å²) < 4.78 is 5.61. The molecular formula is C11H20N2O. The Labute approximate surface area is 85.8 Å². The molecule has 3 rings (SSSR count). The lowest BCUT2D eigenvalue weighted by Gasteiger charge is -2.30. The molecule has 3 nitrogen and oxygen atoms in total. The second-order valence-electron chi connectivity index (χ2n) is 5.13. The first-order valence-electron chi connectivity index (χ1n) is 5.92. The van der Waals surface area contributed by atoms with Gasteiger partial charge in [0.05, 0.1) is 12.7 Å². The number of fused-ring (bicyclic) bond motifs is 2. The molecule has 3 fully saturated rings. The number of rotatable bonds is 2. The van der Waals surface area contributed by atoms with E-state index in [1.807, 2.05) is 0 Å². The molecule has 3 saturated heterocycles. The molecular weight excluding hydrogens is 176 g/mol. The van der Waals surface area contributed by atoms with Gasteiger partial charge in [0, 0.05) is 25.2 Å². The Kier molecular flexibility index (Phi) is 2.26. The highest BCUT2D eigenvalue weighted by Gasteiger charge is 2.40. The maximum atomic E-state index is 5.61. The summed E-state index contributed by atoms with van der Waals surface area (Å²) in [6.45, 7) is 6.98. The predicted octanol–water partition coefficient (Wildman–Crippen LogP) is 0.457. The molecule has 0 saturated carbocycles. The van der Waals surface area contributed by atoms with Crippen LogP contribution in [0.5, 0.6) is 0 Å². The van der Waals surface area contributed by atoms with Gasteiger partial charge in [0.1, 0.15) is 0 Å². The quantitative estimate of drug-likeness (QED) is 0.694. The first-order chi connectivity index (χ1) is 6.83. The zero-order valence-corrected chi connectivity index (χ0v) is 8.91. The SMILES string of the molecule is CC1CCNC1CN1CC2CC1CO2. The van der Waals surface area contributed by atoms with E-state index in [0.29, 0.717) is 6.10 Å². The van der Waals surface area contributed by atoms with Crippen molar-refractivity contribution in [3.8, 4) is 0 Å². The van der Waals surface area contributed by atoms with Crippen LogP contribution >= 0.6 is 0 Å². The summed E-state index contributed by atoms with van der Waals surface area (Å²) in [6.07, 6.45) is 3.18. The average molecular weight is 196 g/mol. The summed E-state index contributed by atoms with van der Waals surface area (Å²) in [5.74, 6) is 0.857. The lowest BCUT2D eigenvalue weighted by molar-refractivity contribution is 0.0261. The maximum absolute atomic E-state index is 5.61. The summed E-state index contributed by atoms with van der Waals surface area (Å²) >= 11 is 0. The van der Waals surface area contributed by atoms with Crippen molar-refractivity contribution in [1.29, 1.82) is 0 Å². The number of hydrogen-bond donors (Lipinski definition) is 1. The van der Waals surface area contributed by atoms with Crippen LogP contribution in [0, 0.1) is 5.92 Å². The van der Waals surface area contributed by atoms with Gasteiger partial charge in [-0.05, 0) is 25.3 Å². The summed E-state index contributed by atoms with van der Waals surface area (Å²) in [5, 5.41) is 3.61. The van der Waals surface area contributed by atoms with Crippen LogP contribution < -0.4 is 5.32 Å². The second-order valence-corrected chi connectivity index (χ2v) is 5.13. The van der Waals surface area contributed by atoms with Crippen molar-refractivity contribution in [2.24, 2.45) is 5.92 Å². The Morgan fingerprint density at radius 2 is 2.43 bits per heavy atom. The zero-order valence-electron chi connectivity index (χ0n) is 8.91.